The topological polar surface area (TPSA) is 62.5 Å². The van der Waals surface area contributed by atoms with Crippen molar-refractivity contribution >= 4 is 27.5 Å². The van der Waals surface area contributed by atoms with Gasteiger partial charge >= 0.3 is 0 Å². The number of aliphatic hydroxyl groups excluding tert-OH is 1. The summed E-state index contributed by atoms with van der Waals surface area (Å²) in [6, 6.07) is 4.09. The maximum atomic E-state index is 8.76. The van der Waals surface area contributed by atoms with Crippen LogP contribution in [0.3, 0.4) is 0 Å². The van der Waals surface area contributed by atoms with E-state index in [9.17, 15) is 0 Å². The lowest BCUT2D eigenvalue weighted by molar-refractivity contribution is 0.282. The first-order chi connectivity index (χ1) is 8.19. The van der Waals surface area contributed by atoms with Crippen LogP contribution in [-0.2, 0) is 0 Å². The second-order valence-electron chi connectivity index (χ2n) is 4.00. The highest BCUT2D eigenvalue weighted by Gasteiger charge is 2.07. The number of aliphatic hydroxyl groups is 1. The Kier molecular flexibility index (Phi) is 3.96. The van der Waals surface area contributed by atoms with Gasteiger partial charge in [0.05, 0.1) is 0 Å². The summed E-state index contributed by atoms with van der Waals surface area (Å²) in [6.45, 7) is 2.27. The van der Waals surface area contributed by atoms with Gasteiger partial charge in [-0.1, -0.05) is 0 Å². The molecule has 2 aromatic heterocycles. The van der Waals surface area contributed by atoms with Crippen molar-refractivity contribution in [2.45, 2.75) is 25.8 Å². The summed E-state index contributed by atoms with van der Waals surface area (Å²) in [5.41, 5.74) is 0.810. The first-order valence-corrected chi connectivity index (χ1v) is 6.37. The van der Waals surface area contributed by atoms with Crippen LogP contribution < -0.4 is 5.32 Å². The maximum Gasteiger partial charge on any atom is 0.243 e. The Morgan fingerprint density at radius 3 is 3.12 bits per heavy atom. The van der Waals surface area contributed by atoms with Crippen molar-refractivity contribution in [2.24, 2.45) is 0 Å². The molecule has 6 heteroatoms. The van der Waals surface area contributed by atoms with Gasteiger partial charge in [0.1, 0.15) is 0 Å². The number of anilines is 1. The van der Waals surface area contributed by atoms with Crippen molar-refractivity contribution in [1.29, 1.82) is 0 Å². The average Bonchev–Trinajstić information content (AvgIpc) is 2.67. The molecular weight excluding hydrogens is 284 g/mol. The Morgan fingerprint density at radius 1 is 1.53 bits per heavy atom. The van der Waals surface area contributed by atoms with E-state index in [1.165, 1.54) is 0 Å². The SMILES string of the molecule is CC(CCCO)Nc1nc2ccc(Br)cn2n1. The van der Waals surface area contributed by atoms with Gasteiger partial charge in [-0.25, -0.2) is 4.52 Å². The lowest BCUT2D eigenvalue weighted by Gasteiger charge is -2.10. The van der Waals surface area contributed by atoms with Crippen molar-refractivity contribution < 1.29 is 5.11 Å². The molecule has 0 saturated heterocycles. The molecule has 92 valence electrons. The van der Waals surface area contributed by atoms with Crippen LogP contribution in [0.4, 0.5) is 5.95 Å². The second-order valence-corrected chi connectivity index (χ2v) is 4.91. The predicted octanol–water partition coefficient (Wildman–Crippen LogP) is 2.06. The van der Waals surface area contributed by atoms with Crippen LogP contribution in [0.15, 0.2) is 22.8 Å². The molecule has 1 unspecified atom stereocenters. The molecule has 17 heavy (non-hydrogen) atoms. The van der Waals surface area contributed by atoms with Crippen LogP contribution in [-0.4, -0.2) is 32.4 Å². The number of nitrogens with one attached hydrogen (secondary N) is 1. The summed E-state index contributed by atoms with van der Waals surface area (Å²) in [7, 11) is 0. The number of pyridine rings is 1. The molecule has 0 aliphatic rings. The number of nitrogens with zero attached hydrogens (tertiary/aromatic N) is 3. The summed E-state index contributed by atoms with van der Waals surface area (Å²) in [5.74, 6) is 0.619. The van der Waals surface area contributed by atoms with Gasteiger partial charge in [-0.2, -0.15) is 4.98 Å². The van der Waals surface area contributed by atoms with Crippen molar-refractivity contribution in [3.8, 4) is 0 Å². The van der Waals surface area contributed by atoms with E-state index in [4.69, 9.17) is 5.11 Å². The van der Waals surface area contributed by atoms with E-state index in [1.54, 1.807) is 4.52 Å². The monoisotopic (exact) mass is 298 g/mol. The Labute approximate surface area is 108 Å². The number of rotatable bonds is 5. The van der Waals surface area contributed by atoms with Crippen molar-refractivity contribution in [3.05, 3.63) is 22.8 Å². The van der Waals surface area contributed by atoms with Crippen molar-refractivity contribution in [2.75, 3.05) is 11.9 Å². The molecule has 2 aromatic rings. The van der Waals surface area contributed by atoms with Crippen molar-refractivity contribution in [3.63, 3.8) is 0 Å². The van der Waals surface area contributed by atoms with E-state index >= 15 is 0 Å². The molecule has 0 bridgehead atoms. The Balaban J connectivity index is 2.08. The lowest BCUT2D eigenvalue weighted by Crippen LogP contribution is -2.16. The van der Waals surface area contributed by atoms with Crippen LogP contribution in [0.1, 0.15) is 19.8 Å². The molecule has 0 amide bonds. The van der Waals surface area contributed by atoms with E-state index in [1.807, 2.05) is 18.3 Å². The van der Waals surface area contributed by atoms with Crippen LogP contribution >= 0.6 is 15.9 Å². The van der Waals surface area contributed by atoms with E-state index in [0.29, 0.717) is 5.95 Å². The van der Waals surface area contributed by atoms with Crippen LogP contribution in [0.2, 0.25) is 0 Å². The summed E-state index contributed by atoms with van der Waals surface area (Å²) >= 11 is 3.39. The molecule has 2 N–H and O–H groups in total. The molecule has 0 saturated carbocycles. The lowest BCUT2D eigenvalue weighted by atomic mass is 10.2. The minimum atomic E-state index is 0.220. The zero-order chi connectivity index (χ0) is 12.3. The fourth-order valence-corrected chi connectivity index (χ4v) is 1.94. The van der Waals surface area contributed by atoms with Gasteiger partial charge < -0.3 is 10.4 Å². The van der Waals surface area contributed by atoms with Gasteiger partial charge in [0.2, 0.25) is 5.95 Å². The van der Waals surface area contributed by atoms with E-state index in [2.05, 4.69) is 38.3 Å². The number of hydrogen-bond donors (Lipinski definition) is 2. The van der Waals surface area contributed by atoms with Gasteiger partial charge in [0.15, 0.2) is 5.65 Å². The number of fused-ring (bicyclic) bond motifs is 1. The molecule has 0 aliphatic heterocycles. The molecular formula is C11H15BrN4O. The Morgan fingerprint density at radius 2 is 2.35 bits per heavy atom. The van der Waals surface area contributed by atoms with E-state index < -0.39 is 0 Å². The quantitative estimate of drug-likeness (QED) is 0.887. The maximum absolute atomic E-state index is 8.76. The second kappa shape index (κ2) is 5.46. The Bertz CT molecular complexity index is 499. The third-order valence-electron chi connectivity index (χ3n) is 2.47. The minimum absolute atomic E-state index is 0.220. The molecule has 2 heterocycles. The highest BCUT2D eigenvalue weighted by molar-refractivity contribution is 9.10. The minimum Gasteiger partial charge on any atom is -0.396 e. The number of hydrogen-bond acceptors (Lipinski definition) is 4. The third-order valence-corrected chi connectivity index (χ3v) is 2.93. The molecule has 0 spiro atoms. The van der Waals surface area contributed by atoms with E-state index in [-0.39, 0.29) is 12.6 Å². The molecule has 1 atom stereocenters. The first-order valence-electron chi connectivity index (χ1n) is 5.58. The predicted molar refractivity (Wildman–Crippen MR) is 70.1 cm³/mol. The van der Waals surface area contributed by atoms with E-state index in [0.717, 1.165) is 23.0 Å². The molecule has 0 aliphatic carbocycles. The van der Waals surface area contributed by atoms with Crippen LogP contribution in [0, 0.1) is 0 Å². The molecule has 5 nitrogen and oxygen atoms in total. The zero-order valence-corrected chi connectivity index (χ0v) is 11.2. The largest absolute Gasteiger partial charge is 0.396 e. The fourth-order valence-electron chi connectivity index (χ4n) is 1.61. The van der Waals surface area contributed by atoms with Gasteiger partial charge in [-0.3, -0.25) is 0 Å². The zero-order valence-electron chi connectivity index (χ0n) is 9.60. The number of halogens is 1. The molecule has 0 fully saturated rings. The Hall–Kier alpha value is -1.14. The average molecular weight is 299 g/mol. The summed E-state index contributed by atoms with van der Waals surface area (Å²) in [6.07, 6.45) is 3.55. The first kappa shape index (κ1) is 12.3. The summed E-state index contributed by atoms with van der Waals surface area (Å²) in [4.78, 5) is 4.36. The summed E-state index contributed by atoms with van der Waals surface area (Å²) in [5, 5.41) is 16.3. The van der Waals surface area contributed by atoms with Gasteiger partial charge in [-0.15, -0.1) is 5.10 Å². The van der Waals surface area contributed by atoms with Crippen LogP contribution in [0.5, 0.6) is 0 Å². The van der Waals surface area contributed by atoms with Crippen LogP contribution in [0.25, 0.3) is 5.65 Å². The highest BCUT2D eigenvalue weighted by atomic mass is 79.9. The molecule has 0 radical (unpaired) electrons. The smallest absolute Gasteiger partial charge is 0.243 e. The molecule has 0 aromatic carbocycles. The summed E-state index contributed by atoms with van der Waals surface area (Å²) < 4.78 is 2.69. The van der Waals surface area contributed by atoms with Crippen molar-refractivity contribution in [1.82, 2.24) is 14.6 Å². The third kappa shape index (κ3) is 3.17. The van der Waals surface area contributed by atoms with Gasteiger partial charge in [0, 0.05) is 23.3 Å². The van der Waals surface area contributed by atoms with Gasteiger partial charge in [-0.05, 0) is 47.8 Å². The standard InChI is InChI=1S/C11H15BrN4O/c1-8(3-2-6-17)13-11-14-10-5-4-9(12)7-16(10)15-11/h4-5,7-8,17H,2-3,6H2,1H3,(H,13,15). The molecule has 2 rings (SSSR count). The highest BCUT2D eigenvalue weighted by Crippen LogP contribution is 2.13. The normalized spacial score (nSPS) is 12.9. The van der Waals surface area contributed by atoms with Gasteiger partial charge in [0.25, 0.3) is 0 Å². The number of aromatic nitrogens is 3. The fraction of sp³-hybridized carbons (Fsp3) is 0.455.